The molecule has 0 bridgehead atoms. The Labute approximate surface area is 201 Å². The second-order valence-corrected chi connectivity index (χ2v) is 8.49. The summed E-state index contributed by atoms with van der Waals surface area (Å²) in [5.41, 5.74) is 2.45. The van der Waals surface area contributed by atoms with E-state index in [1.54, 1.807) is 42.5 Å². The number of aromatic nitrogens is 1. The first-order valence-corrected chi connectivity index (χ1v) is 11.1. The summed E-state index contributed by atoms with van der Waals surface area (Å²) < 4.78 is 20.7. The van der Waals surface area contributed by atoms with Crippen LogP contribution in [0.25, 0.3) is 33.3 Å². The monoisotopic (exact) mass is 519 g/mol. The first-order chi connectivity index (χ1) is 16.0. The number of thiocarbonyl (C=S) groups is 1. The van der Waals surface area contributed by atoms with Crippen molar-refractivity contribution in [2.24, 2.45) is 0 Å². The lowest BCUT2D eigenvalue weighted by molar-refractivity contribution is 0.0979. The minimum Gasteiger partial charge on any atom is -0.436 e. The van der Waals surface area contributed by atoms with E-state index >= 15 is 0 Å². The van der Waals surface area contributed by atoms with Crippen molar-refractivity contribution in [1.82, 2.24) is 10.3 Å². The van der Waals surface area contributed by atoms with Gasteiger partial charge in [-0.1, -0.05) is 52.3 Å². The number of oxazole rings is 1. The Kier molecular flexibility index (Phi) is 5.62. The van der Waals surface area contributed by atoms with Crippen LogP contribution in [0.1, 0.15) is 10.4 Å². The molecule has 0 aliphatic rings. The maximum atomic E-state index is 14.1. The first-order valence-electron chi connectivity index (χ1n) is 9.95. The zero-order chi connectivity index (χ0) is 22.9. The highest BCUT2D eigenvalue weighted by Gasteiger charge is 2.15. The molecule has 1 aromatic heterocycles. The lowest BCUT2D eigenvalue weighted by atomic mass is 10.0. The predicted octanol–water partition coefficient (Wildman–Crippen LogP) is 6.68. The summed E-state index contributed by atoms with van der Waals surface area (Å²) in [5.74, 6) is -0.537. The number of halogens is 2. The van der Waals surface area contributed by atoms with Crippen LogP contribution < -0.4 is 10.6 Å². The summed E-state index contributed by atoms with van der Waals surface area (Å²) in [6.45, 7) is 0. The number of nitrogens with zero attached hydrogens (tertiary/aromatic N) is 1. The van der Waals surface area contributed by atoms with Crippen LogP contribution in [0.2, 0.25) is 0 Å². The van der Waals surface area contributed by atoms with Crippen LogP contribution in [0.15, 0.2) is 87.8 Å². The van der Waals surface area contributed by atoms with E-state index < -0.39 is 5.82 Å². The fourth-order valence-electron chi connectivity index (χ4n) is 3.56. The van der Waals surface area contributed by atoms with Gasteiger partial charge in [-0.15, -0.1) is 0 Å². The lowest BCUT2D eigenvalue weighted by Gasteiger charge is -2.11. The summed E-state index contributed by atoms with van der Waals surface area (Å²) in [6.07, 6.45) is 0. The molecule has 5 aromatic rings. The van der Waals surface area contributed by atoms with Crippen molar-refractivity contribution in [2.75, 3.05) is 5.32 Å². The fourth-order valence-corrected chi connectivity index (χ4v) is 4.27. The minimum absolute atomic E-state index is 0.143. The van der Waals surface area contributed by atoms with Crippen molar-refractivity contribution < 1.29 is 13.6 Å². The van der Waals surface area contributed by atoms with E-state index in [9.17, 15) is 9.18 Å². The summed E-state index contributed by atoms with van der Waals surface area (Å²) >= 11 is 8.85. The van der Waals surface area contributed by atoms with E-state index in [4.69, 9.17) is 16.6 Å². The highest BCUT2D eigenvalue weighted by molar-refractivity contribution is 9.10. The van der Waals surface area contributed by atoms with Crippen LogP contribution in [0.4, 0.5) is 10.1 Å². The zero-order valence-corrected chi connectivity index (χ0v) is 19.3. The van der Waals surface area contributed by atoms with Gasteiger partial charge in [0.25, 0.3) is 5.91 Å². The number of hydrogen-bond acceptors (Lipinski definition) is 4. The fraction of sp³-hybridized carbons (Fsp3) is 0. The minimum atomic E-state index is -0.410. The third-order valence-corrected chi connectivity index (χ3v) is 5.99. The topological polar surface area (TPSA) is 67.2 Å². The smallest absolute Gasteiger partial charge is 0.258 e. The molecule has 0 aliphatic heterocycles. The van der Waals surface area contributed by atoms with Gasteiger partial charge in [-0.2, -0.15) is 0 Å². The molecule has 0 saturated carbocycles. The van der Waals surface area contributed by atoms with Crippen LogP contribution in [0.5, 0.6) is 0 Å². The summed E-state index contributed by atoms with van der Waals surface area (Å²) in [5, 5.41) is 7.60. The predicted molar refractivity (Wildman–Crippen MR) is 135 cm³/mol. The van der Waals surface area contributed by atoms with Crippen LogP contribution in [-0.2, 0) is 0 Å². The van der Waals surface area contributed by atoms with Crippen LogP contribution in [0.3, 0.4) is 0 Å². The maximum Gasteiger partial charge on any atom is 0.258 e. The number of benzene rings is 4. The quantitative estimate of drug-likeness (QED) is 0.260. The van der Waals surface area contributed by atoms with Crippen molar-refractivity contribution in [3.05, 3.63) is 94.7 Å². The standard InChI is InChI=1S/C25H15BrFN3O2S/c26-19-9-4-6-15-16(19)7-3-8-17(15)23(31)30-25(33)28-14-11-12-22-21(13-14)29-24(32-22)18-5-1-2-10-20(18)27/h1-13H,(H2,28,30,31,33). The molecule has 5 nitrogen and oxygen atoms in total. The Bertz CT molecular complexity index is 1550. The van der Waals surface area contributed by atoms with E-state index in [1.807, 2.05) is 30.3 Å². The van der Waals surface area contributed by atoms with Gasteiger partial charge < -0.3 is 9.73 Å². The van der Waals surface area contributed by atoms with Gasteiger partial charge in [0.05, 0.1) is 5.56 Å². The average Bonchev–Trinajstić information content (AvgIpc) is 3.22. The SMILES string of the molecule is O=C(NC(=S)Nc1ccc2oc(-c3ccccc3F)nc2c1)c1cccc2c(Br)cccc12. The molecule has 0 aliphatic carbocycles. The summed E-state index contributed by atoms with van der Waals surface area (Å²) in [7, 11) is 0. The lowest BCUT2D eigenvalue weighted by Crippen LogP contribution is -2.34. The molecule has 33 heavy (non-hydrogen) atoms. The molecule has 5 rings (SSSR count). The van der Waals surface area contributed by atoms with E-state index in [0.717, 1.165) is 15.2 Å². The molecule has 1 heterocycles. The van der Waals surface area contributed by atoms with Crippen molar-refractivity contribution in [1.29, 1.82) is 0 Å². The summed E-state index contributed by atoms with van der Waals surface area (Å²) in [6, 6.07) is 22.7. The van der Waals surface area contributed by atoms with Gasteiger partial charge in [-0.25, -0.2) is 9.37 Å². The Hall–Kier alpha value is -3.62. The molecule has 8 heteroatoms. The number of amides is 1. The van der Waals surface area contributed by atoms with Crippen LogP contribution in [-0.4, -0.2) is 16.0 Å². The highest BCUT2D eigenvalue weighted by atomic mass is 79.9. The van der Waals surface area contributed by atoms with Crippen LogP contribution >= 0.6 is 28.1 Å². The van der Waals surface area contributed by atoms with Crippen molar-refractivity contribution >= 4 is 66.7 Å². The molecule has 2 N–H and O–H groups in total. The second kappa shape index (κ2) is 8.73. The van der Waals surface area contributed by atoms with Gasteiger partial charge in [0, 0.05) is 15.7 Å². The third kappa shape index (κ3) is 4.22. The second-order valence-electron chi connectivity index (χ2n) is 7.23. The molecule has 0 radical (unpaired) electrons. The molecule has 1 amide bonds. The molecule has 0 unspecified atom stereocenters. The first kappa shape index (κ1) is 21.2. The number of carbonyl (C=O) groups excluding carboxylic acids is 1. The normalized spacial score (nSPS) is 11.0. The van der Waals surface area contributed by atoms with E-state index in [-0.39, 0.29) is 22.5 Å². The van der Waals surface area contributed by atoms with E-state index in [2.05, 4.69) is 31.5 Å². The van der Waals surface area contributed by atoms with E-state index in [0.29, 0.717) is 22.4 Å². The van der Waals surface area contributed by atoms with Gasteiger partial charge in [0.1, 0.15) is 11.3 Å². The Morgan fingerprint density at radius 3 is 2.61 bits per heavy atom. The molecule has 0 fully saturated rings. The molecular formula is C25H15BrFN3O2S. The molecule has 162 valence electrons. The average molecular weight is 520 g/mol. The molecule has 4 aromatic carbocycles. The zero-order valence-electron chi connectivity index (χ0n) is 16.9. The number of carbonyl (C=O) groups is 1. The molecule has 0 atom stereocenters. The van der Waals surface area contributed by atoms with Crippen molar-refractivity contribution in [2.45, 2.75) is 0 Å². The van der Waals surface area contributed by atoms with Crippen molar-refractivity contribution in [3.8, 4) is 11.5 Å². The van der Waals surface area contributed by atoms with Crippen molar-refractivity contribution in [3.63, 3.8) is 0 Å². The van der Waals surface area contributed by atoms with Gasteiger partial charge in [-0.05, 0) is 65.5 Å². The van der Waals surface area contributed by atoms with E-state index in [1.165, 1.54) is 6.07 Å². The molecular weight excluding hydrogens is 505 g/mol. The Morgan fingerprint density at radius 1 is 0.970 bits per heavy atom. The third-order valence-electron chi connectivity index (χ3n) is 5.09. The maximum absolute atomic E-state index is 14.1. The highest BCUT2D eigenvalue weighted by Crippen LogP contribution is 2.28. The van der Waals surface area contributed by atoms with Crippen LogP contribution in [0, 0.1) is 5.82 Å². The number of hydrogen-bond donors (Lipinski definition) is 2. The summed E-state index contributed by atoms with van der Waals surface area (Å²) in [4.78, 5) is 17.2. The van der Waals surface area contributed by atoms with Gasteiger partial charge in [0.2, 0.25) is 5.89 Å². The van der Waals surface area contributed by atoms with Gasteiger partial charge in [-0.3, -0.25) is 10.1 Å². The Balaban J connectivity index is 1.35. The largest absolute Gasteiger partial charge is 0.436 e. The number of rotatable bonds is 3. The number of nitrogens with one attached hydrogen (secondary N) is 2. The number of fused-ring (bicyclic) bond motifs is 2. The molecule has 0 spiro atoms. The van der Waals surface area contributed by atoms with Gasteiger partial charge >= 0.3 is 0 Å². The Morgan fingerprint density at radius 2 is 1.76 bits per heavy atom. The van der Waals surface area contributed by atoms with Gasteiger partial charge in [0.15, 0.2) is 10.7 Å². The number of anilines is 1. The molecule has 0 saturated heterocycles.